The second-order valence-electron chi connectivity index (χ2n) is 4.66. The molecule has 2 amide bonds. The first-order chi connectivity index (χ1) is 11.2. The second-order valence-corrected chi connectivity index (χ2v) is 6.04. The maximum atomic E-state index is 11.9. The number of anilines is 1. The van der Waals surface area contributed by atoms with Gasteiger partial charge in [-0.25, -0.2) is 9.78 Å². The molecular weight excluding hydrogens is 332 g/mol. The number of urea groups is 1. The standard InChI is InChI=1S/C16H13ClN4OS/c17-11-4-3-5-12(8-11)20-16(22)19-9-15-21-14(10-23-15)13-6-1-2-7-18-13/h1-8,10H,9H2,(H2,19,20,22). The number of thiazole rings is 1. The van der Waals surface area contributed by atoms with Crippen molar-refractivity contribution in [2.24, 2.45) is 0 Å². The third-order valence-corrected chi connectivity index (χ3v) is 4.05. The number of amides is 2. The van der Waals surface area contributed by atoms with Crippen LogP contribution in [0.5, 0.6) is 0 Å². The number of carbonyl (C=O) groups is 1. The third kappa shape index (κ3) is 4.28. The first-order valence-electron chi connectivity index (χ1n) is 6.87. The average molecular weight is 345 g/mol. The molecule has 116 valence electrons. The zero-order chi connectivity index (χ0) is 16.1. The van der Waals surface area contributed by atoms with Gasteiger partial charge in [0.1, 0.15) is 5.01 Å². The number of rotatable bonds is 4. The Bertz CT molecular complexity index is 807. The van der Waals surface area contributed by atoms with Crippen LogP contribution in [-0.4, -0.2) is 16.0 Å². The van der Waals surface area contributed by atoms with Crippen molar-refractivity contribution in [2.75, 3.05) is 5.32 Å². The molecule has 0 unspecified atom stereocenters. The molecule has 0 aliphatic heterocycles. The van der Waals surface area contributed by atoms with E-state index in [4.69, 9.17) is 11.6 Å². The smallest absolute Gasteiger partial charge is 0.319 e. The zero-order valence-electron chi connectivity index (χ0n) is 12.0. The molecule has 5 nitrogen and oxygen atoms in total. The Hall–Kier alpha value is -2.44. The van der Waals surface area contributed by atoms with E-state index < -0.39 is 0 Å². The van der Waals surface area contributed by atoms with Gasteiger partial charge in [-0.1, -0.05) is 23.7 Å². The van der Waals surface area contributed by atoms with Crippen LogP contribution in [-0.2, 0) is 6.54 Å². The van der Waals surface area contributed by atoms with Crippen LogP contribution in [0.25, 0.3) is 11.4 Å². The Kier molecular flexibility index (Phi) is 4.85. The van der Waals surface area contributed by atoms with Crippen molar-refractivity contribution < 1.29 is 4.79 Å². The van der Waals surface area contributed by atoms with Crippen molar-refractivity contribution >= 4 is 34.7 Å². The molecule has 0 saturated heterocycles. The SMILES string of the molecule is O=C(NCc1nc(-c2ccccn2)cs1)Nc1cccc(Cl)c1. The number of aromatic nitrogens is 2. The fourth-order valence-electron chi connectivity index (χ4n) is 1.92. The summed E-state index contributed by atoms with van der Waals surface area (Å²) in [7, 11) is 0. The molecule has 0 aliphatic rings. The number of nitrogens with one attached hydrogen (secondary N) is 2. The number of carbonyl (C=O) groups excluding carboxylic acids is 1. The molecule has 0 bridgehead atoms. The summed E-state index contributed by atoms with van der Waals surface area (Å²) in [6, 6.07) is 12.4. The van der Waals surface area contributed by atoms with E-state index in [-0.39, 0.29) is 6.03 Å². The summed E-state index contributed by atoms with van der Waals surface area (Å²) in [5, 5.41) is 8.80. The quantitative estimate of drug-likeness (QED) is 0.746. The Balaban J connectivity index is 1.56. The lowest BCUT2D eigenvalue weighted by molar-refractivity contribution is 0.251. The lowest BCUT2D eigenvalue weighted by atomic mass is 10.3. The number of benzene rings is 1. The number of halogens is 1. The molecular formula is C16H13ClN4OS. The summed E-state index contributed by atoms with van der Waals surface area (Å²) in [5.74, 6) is 0. The molecule has 0 atom stereocenters. The van der Waals surface area contributed by atoms with Gasteiger partial charge in [0.15, 0.2) is 0 Å². The van der Waals surface area contributed by atoms with Crippen molar-refractivity contribution in [3.8, 4) is 11.4 Å². The Labute approximate surface area is 142 Å². The molecule has 0 saturated carbocycles. The maximum absolute atomic E-state index is 11.9. The van der Waals surface area contributed by atoms with Crippen LogP contribution < -0.4 is 10.6 Å². The molecule has 23 heavy (non-hydrogen) atoms. The molecule has 2 heterocycles. The third-order valence-electron chi connectivity index (χ3n) is 2.96. The molecule has 1 aromatic carbocycles. The summed E-state index contributed by atoms with van der Waals surface area (Å²) in [4.78, 5) is 20.6. The summed E-state index contributed by atoms with van der Waals surface area (Å²) in [6.45, 7) is 0.351. The number of hydrogen-bond donors (Lipinski definition) is 2. The van der Waals surface area contributed by atoms with Crippen molar-refractivity contribution in [3.05, 3.63) is 64.1 Å². The molecule has 3 aromatic rings. The van der Waals surface area contributed by atoms with Gasteiger partial charge in [-0.3, -0.25) is 4.98 Å². The van der Waals surface area contributed by atoms with E-state index in [9.17, 15) is 4.79 Å². The predicted octanol–water partition coefficient (Wildman–Crippen LogP) is 4.18. The van der Waals surface area contributed by atoms with Gasteiger partial charge < -0.3 is 10.6 Å². The summed E-state index contributed by atoms with van der Waals surface area (Å²) in [5.41, 5.74) is 2.27. The second kappa shape index (κ2) is 7.21. The van der Waals surface area contributed by atoms with Gasteiger partial charge in [-0.05, 0) is 30.3 Å². The van der Waals surface area contributed by atoms with E-state index in [0.29, 0.717) is 17.3 Å². The number of nitrogens with zero attached hydrogens (tertiary/aromatic N) is 2. The van der Waals surface area contributed by atoms with Crippen LogP contribution in [0.15, 0.2) is 54.0 Å². The topological polar surface area (TPSA) is 66.9 Å². The molecule has 2 N–H and O–H groups in total. The van der Waals surface area contributed by atoms with Gasteiger partial charge in [0.05, 0.1) is 17.9 Å². The van der Waals surface area contributed by atoms with E-state index >= 15 is 0 Å². The van der Waals surface area contributed by atoms with Crippen molar-refractivity contribution in [1.29, 1.82) is 0 Å². The van der Waals surface area contributed by atoms with Crippen LogP contribution in [0.3, 0.4) is 0 Å². The lowest BCUT2D eigenvalue weighted by Gasteiger charge is -2.06. The number of hydrogen-bond acceptors (Lipinski definition) is 4. The molecule has 0 radical (unpaired) electrons. The minimum absolute atomic E-state index is 0.304. The molecule has 3 rings (SSSR count). The minimum Gasteiger partial charge on any atom is -0.331 e. The van der Waals surface area contributed by atoms with E-state index in [2.05, 4.69) is 20.6 Å². The van der Waals surface area contributed by atoms with Gasteiger partial charge in [0.2, 0.25) is 0 Å². The van der Waals surface area contributed by atoms with Crippen LogP contribution >= 0.6 is 22.9 Å². The van der Waals surface area contributed by atoms with Gasteiger partial charge in [-0.15, -0.1) is 11.3 Å². The Morgan fingerprint density at radius 3 is 2.87 bits per heavy atom. The number of pyridine rings is 1. The molecule has 0 fully saturated rings. The predicted molar refractivity (Wildman–Crippen MR) is 92.7 cm³/mol. The fourth-order valence-corrected chi connectivity index (χ4v) is 2.84. The first kappa shape index (κ1) is 15.5. The maximum Gasteiger partial charge on any atom is 0.319 e. The minimum atomic E-state index is -0.304. The van der Waals surface area contributed by atoms with Crippen LogP contribution in [0.1, 0.15) is 5.01 Å². The summed E-state index contributed by atoms with van der Waals surface area (Å²) < 4.78 is 0. The van der Waals surface area contributed by atoms with Gasteiger partial charge >= 0.3 is 6.03 Å². The van der Waals surface area contributed by atoms with Crippen LogP contribution in [0.4, 0.5) is 10.5 Å². The highest BCUT2D eigenvalue weighted by atomic mass is 35.5. The normalized spacial score (nSPS) is 10.3. The highest BCUT2D eigenvalue weighted by Gasteiger charge is 2.07. The summed E-state index contributed by atoms with van der Waals surface area (Å²) >= 11 is 7.36. The fraction of sp³-hybridized carbons (Fsp3) is 0.0625. The van der Waals surface area contributed by atoms with Crippen molar-refractivity contribution in [1.82, 2.24) is 15.3 Å². The monoisotopic (exact) mass is 344 g/mol. The van der Waals surface area contributed by atoms with Crippen molar-refractivity contribution in [3.63, 3.8) is 0 Å². The van der Waals surface area contributed by atoms with E-state index in [0.717, 1.165) is 16.4 Å². The summed E-state index contributed by atoms with van der Waals surface area (Å²) in [6.07, 6.45) is 1.73. The Morgan fingerprint density at radius 1 is 1.17 bits per heavy atom. The highest BCUT2D eigenvalue weighted by molar-refractivity contribution is 7.09. The molecule has 0 spiro atoms. The van der Waals surface area contributed by atoms with Crippen molar-refractivity contribution in [2.45, 2.75) is 6.54 Å². The lowest BCUT2D eigenvalue weighted by Crippen LogP contribution is -2.28. The van der Waals surface area contributed by atoms with Gasteiger partial charge in [0.25, 0.3) is 0 Å². The van der Waals surface area contributed by atoms with Gasteiger partial charge in [-0.2, -0.15) is 0 Å². The Morgan fingerprint density at radius 2 is 2.09 bits per heavy atom. The molecule has 7 heteroatoms. The molecule has 0 aliphatic carbocycles. The van der Waals surface area contributed by atoms with Gasteiger partial charge in [0, 0.05) is 22.3 Å². The average Bonchev–Trinajstić information content (AvgIpc) is 3.03. The van der Waals surface area contributed by atoms with E-state index in [1.54, 1.807) is 30.5 Å². The zero-order valence-corrected chi connectivity index (χ0v) is 13.6. The molecule has 2 aromatic heterocycles. The van der Waals surface area contributed by atoms with E-state index in [1.807, 2.05) is 23.6 Å². The highest BCUT2D eigenvalue weighted by Crippen LogP contribution is 2.19. The largest absolute Gasteiger partial charge is 0.331 e. The first-order valence-corrected chi connectivity index (χ1v) is 8.13. The van der Waals surface area contributed by atoms with Crippen LogP contribution in [0, 0.1) is 0 Å². The van der Waals surface area contributed by atoms with E-state index in [1.165, 1.54) is 11.3 Å². The van der Waals surface area contributed by atoms with Crippen LogP contribution in [0.2, 0.25) is 5.02 Å².